The van der Waals surface area contributed by atoms with Crippen LogP contribution in [0, 0.1) is 17.8 Å². The summed E-state index contributed by atoms with van der Waals surface area (Å²) in [7, 11) is 2.40. The summed E-state index contributed by atoms with van der Waals surface area (Å²) in [5.41, 5.74) is 6.67. The molecule has 2 atom stereocenters. The van der Waals surface area contributed by atoms with Crippen molar-refractivity contribution >= 4 is 0 Å². The van der Waals surface area contributed by atoms with Gasteiger partial charge in [-0.25, -0.2) is 0 Å². The van der Waals surface area contributed by atoms with Crippen molar-refractivity contribution in [2.24, 2.45) is 23.5 Å². The SMILES string of the molecule is CCC1CCC(N(C)C2(CN)CCCC(C3CC3)C2)CC1. The molecule has 0 aromatic carbocycles. The fraction of sp³-hybridized carbons (Fsp3) is 1.00. The minimum atomic E-state index is 0.329. The Labute approximate surface area is 131 Å². The highest BCUT2D eigenvalue weighted by Gasteiger charge is 2.45. The Balaban J connectivity index is 1.63. The predicted octanol–water partition coefficient (Wildman–Crippen LogP) is 4.18. The van der Waals surface area contributed by atoms with E-state index in [9.17, 15) is 0 Å². The van der Waals surface area contributed by atoms with Gasteiger partial charge in [0.1, 0.15) is 0 Å². The quantitative estimate of drug-likeness (QED) is 0.823. The minimum Gasteiger partial charge on any atom is -0.329 e. The topological polar surface area (TPSA) is 29.3 Å². The van der Waals surface area contributed by atoms with Crippen molar-refractivity contribution < 1.29 is 0 Å². The van der Waals surface area contributed by atoms with E-state index in [1.807, 2.05) is 0 Å². The van der Waals surface area contributed by atoms with Crippen LogP contribution in [0.1, 0.15) is 77.6 Å². The van der Waals surface area contributed by atoms with Crippen molar-refractivity contribution in [2.45, 2.75) is 89.1 Å². The molecule has 3 saturated carbocycles. The molecule has 2 unspecified atom stereocenters. The van der Waals surface area contributed by atoms with Crippen molar-refractivity contribution in [2.75, 3.05) is 13.6 Å². The minimum absolute atomic E-state index is 0.329. The zero-order valence-electron chi connectivity index (χ0n) is 14.3. The van der Waals surface area contributed by atoms with Crippen molar-refractivity contribution in [3.05, 3.63) is 0 Å². The molecule has 2 heteroatoms. The molecule has 21 heavy (non-hydrogen) atoms. The Morgan fingerprint density at radius 2 is 1.71 bits per heavy atom. The highest BCUT2D eigenvalue weighted by molar-refractivity contribution is 5.01. The summed E-state index contributed by atoms with van der Waals surface area (Å²) in [5, 5.41) is 0. The van der Waals surface area contributed by atoms with Gasteiger partial charge in [0.15, 0.2) is 0 Å². The fourth-order valence-electron chi connectivity index (χ4n) is 5.33. The normalized spacial score (nSPS) is 41.4. The lowest BCUT2D eigenvalue weighted by Crippen LogP contribution is -2.58. The number of hydrogen-bond donors (Lipinski definition) is 1. The smallest absolute Gasteiger partial charge is 0.0334 e. The van der Waals surface area contributed by atoms with Gasteiger partial charge in [-0.15, -0.1) is 0 Å². The van der Waals surface area contributed by atoms with Crippen LogP contribution in [0.3, 0.4) is 0 Å². The van der Waals surface area contributed by atoms with E-state index in [4.69, 9.17) is 5.73 Å². The monoisotopic (exact) mass is 292 g/mol. The first-order valence-electron chi connectivity index (χ1n) is 9.61. The maximum atomic E-state index is 6.34. The maximum Gasteiger partial charge on any atom is 0.0334 e. The molecule has 0 aromatic rings. The van der Waals surface area contributed by atoms with E-state index in [0.29, 0.717) is 5.54 Å². The third-order valence-corrected chi connectivity index (χ3v) is 7.22. The van der Waals surface area contributed by atoms with Gasteiger partial charge in [0.2, 0.25) is 0 Å². The van der Waals surface area contributed by atoms with Crippen LogP contribution in [0.15, 0.2) is 0 Å². The first-order chi connectivity index (χ1) is 10.2. The van der Waals surface area contributed by atoms with E-state index in [-0.39, 0.29) is 0 Å². The third kappa shape index (κ3) is 3.32. The van der Waals surface area contributed by atoms with Gasteiger partial charge in [-0.05, 0) is 76.2 Å². The van der Waals surface area contributed by atoms with E-state index in [2.05, 4.69) is 18.9 Å². The van der Waals surface area contributed by atoms with Crippen LogP contribution in [-0.4, -0.2) is 30.1 Å². The van der Waals surface area contributed by atoms with Gasteiger partial charge >= 0.3 is 0 Å². The zero-order chi connectivity index (χ0) is 14.9. The Hall–Kier alpha value is -0.0800. The van der Waals surface area contributed by atoms with Gasteiger partial charge < -0.3 is 5.73 Å². The summed E-state index contributed by atoms with van der Waals surface area (Å²) < 4.78 is 0. The molecule has 3 aliphatic rings. The highest BCUT2D eigenvalue weighted by Crippen LogP contribution is 2.48. The van der Waals surface area contributed by atoms with E-state index in [0.717, 1.165) is 30.3 Å². The summed E-state index contributed by atoms with van der Waals surface area (Å²) in [6, 6.07) is 0.800. The summed E-state index contributed by atoms with van der Waals surface area (Å²) in [6.45, 7) is 3.23. The van der Waals surface area contributed by atoms with Crippen molar-refractivity contribution in [3.63, 3.8) is 0 Å². The van der Waals surface area contributed by atoms with Crippen molar-refractivity contribution in [1.29, 1.82) is 0 Å². The number of hydrogen-bond acceptors (Lipinski definition) is 2. The third-order valence-electron chi connectivity index (χ3n) is 7.22. The highest BCUT2D eigenvalue weighted by atomic mass is 15.2. The zero-order valence-corrected chi connectivity index (χ0v) is 14.3. The molecule has 3 aliphatic carbocycles. The largest absolute Gasteiger partial charge is 0.329 e. The van der Waals surface area contributed by atoms with Crippen molar-refractivity contribution in [1.82, 2.24) is 4.90 Å². The summed E-state index contributed by atoms with van der Waals surface area (Å²) in [5.74, 6) is 3.03. The molecule has 2 nitrogen and oxygen atoms in total. The molecule has 3 fully saturated rings. The second kappa shape index (κ2) is 6.58. The molecule has 0 heterocycles. The molecular formula is C19H36N2. The van der Waals surface area contributed by atoms with Gasteiger partial charge in [0, 0.05) is 18.1 Å². The lowest BCUT2D eigenvalue weighted by atomic mass is 9.71. The van der Waals surface area contributed by atoms with Crippen LogP contribution >= 0.6 is 0 Å². The number of rotatable bonds is 5. The van der Waals surface area contributed by atoms with Crippen LogP contribution in [0.5, 0.6) is 0 Å². The van der Waals surface area contributed by atoms with Gasteiger partial charge in [0.05, 0.1) is 0 Å². The fourth-order valence-corrected chi connectivity index (χ4v) is 5.33. The van der Waals surface area contributed by atoms with Gasteiger partial charge in [-0.1, -0.05) is 26.2 Å². The standard InChI is InChI=1S/C19H36N2/c1-3-15-6-10-18(11-7-15)21(2)19(14-20)12-4-5-17(13-19)16-8-9-16/h15-18H,3-14,20H2,1-2H3. The first-order valence-corrected chi connectivity index (χ1v) is 9.61. The van der Waals surface area contributed by atoms with Crippen LogP contribution < -0.4 is 5.73 Å². The molecule has 0 aliphatic heterocycles. The van der Waals surface area contributed by atoms with Crippen LogP contribution in [0.2, 0.25) is 0 Å². The first kappa shape index (κ1) is 15.8. The Morgan fingerprint density at radius 1 is 1.00 bits per heavy atom. The lowest BCUT2D eigenvalue weighted by Gasteiger charge is -2.51. The van der Waals surface area contributed by atoms with E-state index in [1.165, 1.54) is 70.6 Å². The average Bonchev–Trinajstić information content (AvgIpc) is 3.39. The maximum absolute atomic E-state index is 6.34. The molecule has 2 N–H and O–H groups in total. The Bertz CT molecular complexity index is 330. The second-order valence-electron chi connectivity index (χ2n) is 8.32. The average molecular weight is 293 g/mol. The summed E-state index contributed by atoms with van der Waals surface area (Å²) in [4.78, 5) is 2.76. The summed E-state index contributed by atoms with van der Waals surface area (Å²) in [6.07, 6.45) is 15.7. The molecule has 0 saturated heterocycles. The van der Waals surface area contributed by atoms with Crippen molar-refractivity contribution in [3.8, 4) is 0 Å². The molecular weight excluding hydrogens is 256 g/mol. The lowest BCUT2D eigenvalue weighted by molar-refractivity contribution is 0.00281. The molecule has 0 bridgehead atoms. The Kier molecular flexibility index (Phi) is 4.95. The molecule has 0 radical (unpaired) electrons. The van der Waals surface area contributed by atoms with Gasteiger partial charge in [-0.3, -0.25) is 4.90 Å². The van der Waals surface area contributed by atoms with Crippen LogP contribution in [0.4, 0.5) is 0 Å². The number of nitrogens with two attached hydrogens (primary N) is 1. The van der Waals surface area contributed by atoms with E-state index >= 15 is 0 Å². The molecule has 0 spiro atoms. The number of nitrogens with zero attached hydrogens (tertiary/aromatic N) is 1. The van der Waals surface area contributed by atoms with Crippen LogP contribution in [0.25, 0.3) is 0 Å². The molecule has 0 aromatic heterocycles. The predicted molar refractivity (Wildman–Crippen MR) is 90.3 cm³/mol. The van der Waals surface area contributed by atoms with E-state index < -0.39 is 0 Å². The van der Waals surface area contributed by atoms with Gasteiger partial charge in [-0.2, -0.15) is 0 Å². The number of likely N-dealkylation sites (N-methyl/N-ethyl adjacent to an activating group) is 1. The molecule has 122 valence electrons. The van der Waals surface area contributed by atoms with E-state index in [1.54, 1.807) is 0 Å². The molecule has 0 amide bonds. The summed E-state index contributed by atoms with van der Waals surface area (Å²) >= 11 is 0. The second-order valence-corrected chi connectivity index (χ2v) is 8.32. The van der Waals surface area contributed by atoms with Crippen LogP contribution in [-0.2, 0) is 0 Å². The Morgan fingerprint density at radius 3 is 2.29 bits per heavy atom. The molecule has 3 rings (SSSR count). The van der Waals surface area contributed by atoms with Gasteiger partial charge in [0.25, 0.3) is 0 Å².